The lowest BCUT2D eigenvalue weighted by Gasteiger charge is -2.09. The third-order valence-electron chi connectivity index (χ3n) is 1.70. The molecule has 5 heteroatoms. The predicted molar refractivity (Wildman–Crippen MR) is 45.3 cm³/mol. The minimum absolute atomic E-state index is 0.0503. The van der Waals surface area contributed by atoms with E-state index in [2.05, 4.69) is 4.74 Å². The van der Waals surface area contributed by atoms with Crippen molar-refractivity contribution in [2.45, 2.75) is 6.04 Å². The van der Waals surface area contributed by atoms with Crippen molar-refractivity contribution in [3.8, 4) is 0 Å². The van der Waals surface area contributed by atoms with E-state index in [9.17, 15) is 13.6 Å². The van der Waals surface area contributed by atoms with Crippen LogP contribution in [0.3, 0.4) is 0 Å². The summed E-state index contributed by atoms with van der Waals surface area (Å²) in [4.78, 5) is 10.9. The second-order valence-electron chi connectivity index (χ2n) is 2.70. The number of hydrogen-bond donors (Lipinski definition) is 1. The zero-order chi connectivity index (χ0) is 10.7. The van der Waals surface area contributed by atoms with Gasteiger partial charge < -0.3 is 10.5 Å². The fourth-order valence-electron chi connectivity index (χ4n) is 1.02. The number of halogens is 2. The van der Waals surface area contributed by atoms with Crippen molar-refractivity contribution in [3.05, 3.63) is 35.4 Å². The first kappa shape index (κ1) is 10.6. The lowest BCUT2D eigenvalue weighted by Crippen LogP contribution is -2.22. The van der Waals surface area contributed by atoms with Gasteiger partial charge in [-0.25, -0.2) is 8.78 Å². The predicted octanol–water partition coefficient (Wildman–Crippen LogP) is 1.14. The molecule has 1 aromatic rings. The molecular formula is C9H9F2NO2. The second-order valence-corrected chi connectivity index (χ2v) is 2.70. The van der Waals surface area contributed by atoms with Gasteiger partial charge in [0.2, 0.25) is 0 Å². The van der Waals surface area contributed by atoms with Gasteiger partial charge in [-0.05, 0) is 17.7 Å². The van der Waals surface area contributed by atoms with Crippen molar-refractivity contribution in [1.29, 1.82) is 0 Å². The van der Waals surface area contributed by atoms with Gasteiger partial charge in [-0.15, -0.1) is 0 Å². The molecule has 0 aliphatic rings. The summed E-state index contributed by atoms with van der Waals surface area (Å²) in [7, 11) is 1.15. The number of benzene rings is 1. The molecule has 0 aliphatic carbocycles. The Morgan fingerprint density at radius 3 is 2.29 bits per heavy atom. The summed E-state index contributed by atoms with van der Waals surface area (Å²) in [6.45, 7) is 0. The maximum atomic E-state index is 12.7. The Morgan fingerprint density at radius 2 is 1.86 bits per heavy atom. The van der Waals surface area contributed by atoms with E-state index >= 15 is 0 Å². The summed E-state index contributed by atoms with van der Waals surface area (Å²) in [6.07, 6.45) is 0. The van der Waals surface area contributed by atoms with Gasteiger partial charge in [-0.1, -0.05) is 0 Å². The van der Waals surface area contributed by atoms with Crippen LogP contribution in [0.5, 0.6) is 0 Å². The SMILES string of the molecule is COC(=O)[C@@H](N)c1cc(F)cc(F)c1. The van der Waals surface area contributed by atoms with Crippen LogP contribution in [0.2, 0.25) is 0 Å². The van der Waals surface area contributed by atoms with E-state index in [1.807, 2.05) is 0 Å². The van der Waals surface area contributed by atoms with Gasteiger partial charge in [-0.2, -0.15) is 0 Å². The van der Waals surface area contributed by atoms with Crippen LogP contribution in [0.1, 0.15) is 11.6 Å². The molecule has 1 atom stereocenters. The first-order valence-corrected chi connectivity index (χ1v) is 3.84. The topological polar surface area (TPSA) is 52.3 Å². The lowest BCUT2D eigenvalue weighted by molar-refractivity contribution is -0.142. The number of nitrogens with two attached hydrogens (primary N) is 1. The molecule has 0 saturated heterocycles. The van der Waals surface area contributed by atoms with E-state index in [1.54, 1.807) is 0 Å². The third-order valence-corrected chi connectivity index (χ3v) is 1.70. The molecule has 0 saturated carbocycles. The van der Waals surface area contributed by atoms with Gasteiger partial charge in [0.05, 0.1) is 7.11 Å². The van der Waals surface area contributed by atoms with Crippen LogP contribution < -0.4 is 5.73 Å². The van der Waals surface area contributed by atoms with Gasteiger partial charge in [0.25, 0.3) is 0 Å². The number of esters is 1. The van der Waals surface area contributed by atoms with Crippen LogP contribution in [-0.4, -0.2) is 13.1 Å². The van der Waals surface area contributed by atoms with E-state index in [0.717, 1.165) is 19.2 Å². The van der Waals surface area contributed by atoms with Crippen molar-refractivity contribution >= 4 is 5.97 Å². The highest BCUT2D eigenvalue weighted by Gasteiger charge is 2.17. The molecule has 76 valence electrons. The molecule has 0 heterocycles. The maximum absolute atomic E-state index is 12.7. The van der Waals surface area contributed by atoms with E-state index < -0.39 is 23.6 Å². The molecule has 14 heavy (non-hydrogen) atoms. The zero-order valence-corrected chi connectivity index (χ0v) is 7.46. The van der Waals surface area contributed by atoms with Crippen LogP contribution >= 0.6 is 0 Å². The van der Waals surface area contributed by atoms with Gasteiger partial charge in [0.15, 0.2) is 0 Å². The quantitative estimate of drug-likeness (QED) is 0.730. The van der Waals surface area contributed by atoms with Crippen LogP contribution in [0.25, 0.3) is 0 Å². The Hall–Kier alpha value is -1.49. The summed E-state index contributed by atoms with van der Waals surface area (Å²) in [5.41, 5.74) is 5.43. The minimum atomic E-state index is -1.16. The van der Waals surface area contributed by atoms with E-state index in [1.165, 1.54) is 0 Å². The number of hydrogen-bond acceptors (Lipinski definition) is 3. The van der Waals surface area contributed by atoms with Gasteiger partial charge in [0, 0.05) is 6.07 Å². The average molecular weight is 201 g/mol. The largest absolute Gasteiger partial charge is 0.468 e. The standard InChI is InChI=1S/C9H9F2NO2/c1-14-9(13)8(12)5-2-6(10)4-7(11)3-5/h2-4,8H,12H2,1H3/t8-/m0/s1. The van der Waals surface area contributed by atoms with E-state index in [-0.39, 0.29) is 5.56 Å². The highest BCUT2D eigenvalue weighted by Crippen LogP contribution is 2.15. The zero-order valence-electron chi connectivity index (χ0n) is 7.46. The number of methoxy groups -OCH3 is 1. The summed E-state index contributed by atoms with van der Waals surface area (Å²) in [6, 6.07) is 1.52. The molecule has 1 aromatic carbocycles. The Balaban J connectivity index is 3.00. The van der Waals surface area contributed by atoms with Crippen molar-refractivity contribution in [2.75, 3.05) is 7.11 Å². The molecule has 0 spiro atoms. The molecule has 0 aromatic heterocycles. The molecule has 1 rings (SSSR count). The Bertz CT molecular complexity index is 334. The van der Waals surface area contributed by atoms with Crippen molar-refractivity contribution in [2.24, 2.45) is 5.73 Å². The smallest absolute Gasteiger partial charge is 0.327 e. The average Bonchev–Trinajstić information content (AvgIpc) is 2.14. The Kier molecular flexibility index (Phi) is 3.14. The molecule has 3 nitrogen and oxygen atoms in total. The first-order chi connectivity index (χ1) is 6.54. The summed E-state index contributed by atoms with van der Waals surface area (Å²) < 4.78 is 29.8. The fraction of sp³-hybridized carbons (Fsp3) is 0.222. The molecule has 2 N–H and O–H groups in total. The molecule has 0 bridgehead atoms. The number of rotatable bonds is 2. The van der Waals surface area contributed by atoms with Crippen LogP contribution in [-0.2, 0) is 9.53 Å². The number of carbonyl (C=O) groups excluding carboxylic acids is 1. The summed E-state index contributed by atoms with van der Waals surface area (Å²) in [5.74, 6) is -2.30. The van der Waals surface area contributed by atoms with Crippen molar-refractivity contribution in [3.63, 3.8) is 0 Å². The maximum Gasteiger partial charge on any atom is 0.327 e. The van der Waals surface area contributed by atoms with Crippen molar-refractivity contribution < 1.29 is 18.3 Å². The van der Waals surface area contributed by atoms with Crippen LogP contribution in [0.15, 0.2) is 18.2 Å². The van der Waals surface area contributed by atoms with Gasteiger partial charge in [0.1, 0.15) is 17.7 Å². The minimum Gasteiger partial charge on any atom is -0.468 e. The number of carbonyl (C=O) groups is 1. The number of ether oxygens (including phenoxy) is 1. The normalized spacial score (nSPS) is 12.3. The van der Waals surface area contributed by atoms with Crippen LogP contribution in [0.4, 0.5) is 8.78 Å². The monoisotopic (exact) mass is 201 g/mol. The highest BCUT2D eigenvalue weighted by molar-refractivity contribution is 5.77. The highest BCUT2D eigenvalue weighted by atomic mass is 19.1. The Labute approximate surface area is 79.5 Å². The first-order valence-electron chi connectivity index (χ1n) is 3.84. The fourth-order valence-corrected chi connectivity index (χ4v) is 1.02. The third kappa shape index (κ3) is 2.26. The molecule has 0 unspecified atom stereocenters. The van der Waals surface area contributed by atoms with E-state index in [0.29, 0.717) is 6.07 Å². The second kappa shape index (κ2) is 4.15. The van der Waals surface area contributed by atoms with Gasteiger partial charge in [-0.3, -0.25) is 4.79 Å². The summed E-state index contributed by atoms with van der Waals surface area (Å²) in [5, 5.41) is 0. The summed E-state index contributed by atoms with van der Waals surface area (Å²) >= 11 is 0. The van der Waals surface area contributed by atoms with Gasteiger partial charge >= 0.3 is 5.97 Å². The molecule has 0 aliphatic heterocycles. The lowest BCUT2D eigenvalue weighted by atomic mass is 10.1. The molecular weight excluding hydrogens is 192 g/mol. The molecule has 0 fully saturated rings. The molecule has 0 radical (unpaired) electrons. The van der Waals surface area contributed by atoms with Crippen molar-refractivity contribution in [1.82, 2.24) is 0 Å². The van der Waals surface area contributed by atoms with Crippen LogP contribution in [0, 0.1) is 11.6 Å². The Morgan fingerprint density at radius 1 is 1.36 bits per heavy atom. The molecule has 0 amide bonds. The van der Waals surface area contributed by atoms with E-state index in [4.69, 9.17) is 5.73 Å².